The van der Waals surface area contributed by atoms with E-state index in [0.717, 1.165) is 17.8 Å². The molecule has 0 spiro atoms. The summed E-state index contributed by atoms with van der Waals surface area (Å²) in [4.78, 5) is 0. The van der Waals surface area contributed by atoms with E-state index in [1.165, 1.54) is 53.5 Å². The Kier molecular flexibility index (Phi) is 3.40. The van der Waals surface area contributed by atoms with Gasteiger partial charge in [-0.05, 0) is 74.1 Å². The monoisotopic (exact) mass is 307 g/mol. The number of fused-ring (bicyclic) bond motifs is 2. The SMILES string of the molecule is Cc1cc(NCC2CC3CCC2C3)cc(C)c1Br. The van der Waals surface area contributed by atoms with Gasteiger partial charge >= 0.3 is 0 Å². The van der Waals surface area contributed by atoms with Crippen molar-refractivity contribution in [3.05, 3.63) is 27.7 Å². The molecule has 2 saturated carbocycles. The van der Waals surface area contributed by atoms with Crippen LogP contribution in [0, 0.1) is 31.6 Å². The summed E-state index contributed by atoms with van der Waals surface area (Å²) in [6.45, 7) is 5.50. The lowest BCUT2D eigenvalue weighted by Gasteiger charge is -2.22. The lowest BCUT2D eigenvalue weighted by Crippen LogP contribution is -2.20. The van der Waals surface area contributed by atoms with Crippen molar-refractivity contribution in [2.75, 3.05) is 11.9 Å². The minimum atomic E-state index is 0.924. The molecule has 3 unspecified atom stereocenters. The minimum absolute atomic E-state index is 0.924. The molecule has 0 radical (unpaired) electrons. The zero-order chi connectivity index (χ0) is 12.7. The molecule has 18 heavy (non-hydrogen) atoms. The van der Waals surface area contributed by atoms with Crippen molar-refractivity contribution in [1.29, 1.82) is 0 Å². The molecule has 0 aromatic heterocycles. The number of hydrogen-bond acceptors (Lipinski definition) is 1. The van der Waals surface area contributed by atoms with E-state index in [1.54, 1.807) is 0 Å². The third kappa shape index (κ3) is 2.32. The summed E-state index contributed by atoms with van der Waals surface area (Å²) in [5, 5.41) is 3.66. The molecule has 0 saturated heterocycles. The van der Waals surface area contributed by atoms with E-state index in [9.17, 15) is 0 Å². The molecule has 0 aliphatic heterocycles. The highest BCUT2D eigenvalue weighted by molar-refractivity contribution is 9.10. The number of rotatable bonds is 3. The molecule has 1 aromatic carbocycles. The third-order valence-electron chi connectivity index (χ3n) is 4.89. The highest BCUT2D eigenvalue weighted by atomic mass is 79.9. The standard InChI is InChI=1S/C16H22BrN/c1-10-5-15(6-11(2)16(10)17)18-9-14-8-12-3-4-13(14)7-12/h5-6,12-14,18H,3-4,7-9H2,1-2H3. The number of halogens is 1. The molecule has 1 nitrogen and oxygen atoms in total. The topological polar surface area (TPSA) is 12.0 Å². The average molecular weight is 308 g/mol. The molecule has 0 heterocycles. The van der Waals surface area contributed by atoms with E-state index in [2.05, 4.69) is 47.2 Å². The lowest BCUT2D eigenvalue weighted by atomic mass is 9.89. The van der Waals surface area contributed by atoms with Gasteiger partial charge in [0.15, 0.2) is 0 Å². The fourth-order valence-electron chi connectivity index (χ4n) is 3.92. The van der Waals surface area contributed by atoms with Gasteiger partial charge in [0.1, 0.15) is 0 Å². The molecular weight excluding hydrogens is 286 g/mol. The van der Waals surface area contributed by atoms with Crippen molar-refractivity contribution >= 4 is 21.6 Å². The molecular formula is C16H22BrN. The molecule has 3 rings (SSSR count). The molecule has 98 valence electrons. The van der Waals surface area contributed by atoms with Gasteiger partial charge in [0, 0.05) is 16.7 Å². The Morgan fingerprint density at radius 3 is 2.44 bits per heavy atom. The number of anilines is 1. The first-order chi connectivity index (χ1) is 8.63. The molecule has 1 aromatic rings. The van der Waals surface area contributed by atoms with Gasteiger partial charge in [0.25, 0.3) is 0 Å². The van der Waals surface area contributed by atoms with Crippen molar-refractivity contribution in [2.45, 2.75) is 39.5 Å². The molecule has 3 atom stereocenters. The second kappa shape index (κ2) is 4.88. The Bertz CT molecular complexity index is 431. The zero-order valence-corrected chi connectivity index (χ0v) is 12.9. The fraction of sp³-hybridized carbons (Fsp3) is 0.625. The molecule has 2 bridgehead atoms. The molecule has 2 aliphatic rings. The minimum Gasteiger partial charge on any atom is -0.385 e. The maximum Gasteiger partial charge on any atom is 0.0346 e. The summed E-state index contributed by atoms with van der Waals surface area (Å²) < 4.78 is 1.24. The van der Waals surface area contributed by atoms with Crippen LogP contribution in [0.4, 0.5) is 5.69 Å². The highest BCUT2D eigenvalue weighted by Crippen LogP contribution is 2.48. The first-order valence-corrected chi connectivity index (χ1v) is 7.93. The van der Waals surface area contributed by atoms with Crippen LogP contribution in [0.3, 0.4) is 0 Å². The first kappa shape index (κ1) is 12.5. The van der Waals surface area contributed by atoms with E-state index in [4.69, 9.17) is 0 Å². The van der Waals surface area contributed by atoms with Crippen molar-refractivity contribution < 1.29 is 0 Å². The largest absolute Gasteiger partial charge is 0.385 e. The van der Waals surface area contributed by atoms with Gasteiger partial charge in [-0.2, -0.15) is 0 Å². The number of benzene rings is 1. The van der Waals surface area contributed by atoms with Gasteiger partial charge in [-0.25, -0.2) is 0 Å². The summed E-state index contributed by atoms with van der Waals surface area (Å²) in [6, 6.07) is 4.51. The van der Waals surface area contributed by atoms with E-state index in [1.807, 2.05) is 0 Å². The van der Waals surface area contributed by atoms with E-state index >= 15 is 0 Å². The highest BCUT2D eigenvalue weighted by Gasteiger charge is 2.38. The lowest BCUT2D eigenvalue weighted by molar-refractivity contribution is 0.348. The van der Waals surface area contributed by atoms with Gasteiger partial charge in [-0.3, -0.25) is 0 Å². The summed E-state index contributed by atoms with van der Waals surface area (Å²) in [5.74, 6) is 2.99. The fourth-order valence-corrected chi connectivity index (χ4v) is 4.15. The first-order valence-electron chi connectivity index (χ1n) is 7.14. The van der Waals surface area contributed by atoms with Gasteiger partial charge in [0.2, 0.25) is 0 Å². The number of aryl methyl sites for hydroxylation is 2. The van der Waals surface area contributed by atoms with Crippen LogP contribution in [0.1, 0.15) is 36.8 Å². The van der Waals surface area contributed by atoms with Crippen LogP contribution in [-0.2, 0) is 0 Å². The molecule has 0 amide bonds. The van der Waals surface area contributed by atoms with Crippen molar-refractivity contribution in [2.24, 2.45) is 17.8 Å². The van der Waals surface area contributed by atoms with Crippen LogP contribution in [0.25, 0.3) is 0 Å². The van der Waals surface area contributed by atoms with Crippen LogP contribution in [0.2, 0.25) is 0 Å². The maximum absolute atomic E-state index is 3.66. The Hall–Kier alpha value is -0.500. The Labute approximate surface area is 118 Å². The molecule has 2 heteroatoms. The Morgan fingerprint density at radius 1 is 1.17 bits per heavy atom. The van der Waals surface area contributed by atoms with E-state index < -0.39 is 0 Å². The van der Waals surface area contributed by atoms with Crippen LogP contribution in [0.5, 0.6) is 0 Å². The van der Waals surface area contributed by atoms with Crippen LogP contribution in [0.15, 0.2) is 16.6 Å². The molecule has 2 fully saturated rings. The second-order valence-corrected chi connectivity index (χ2v) is 7.03. The third-order valence-corrected chi connectivity index (χ3v) is 6.14. The maximum atomic E-state index is 3.66. The quantitative estimate of drug-likeness (QED) is 0.836. The van der Waals surface area contributed by atoms with Crippen molar-refractivity contribution in [3.63, 3.8) is 0 Å². The van der Waals surface area contributed by atoms with E-state index in [-0.39, 0.29) is 0 Å². The number of hydrogen-bond donors (Lipinski definition) is 1. The van der Waals surface area contributed by atoms with Crippen molar-refractivity contribution in [3.8, 4) is 0 Å². The van der Waals surface area contributed by atoms with Gasteiger partial charge < -0.3 is 5.32 Å². The summed E-state index contributed by atoms with van der Waals surface area (Å²) in [7, 11) is 0. The molecule has 1 N–H and O–H groups in total. The second-order valence-electron chi connectivity index (χ2n) is 6.24. The zero-order valence-electron chi connectivity index (χ0n) is 11.3. The predicted octanol–water partition coefficient (Wildman–Crippen LogP) is 4.91. The summed E-state index contributed by atoms with van der Waals surface area (Å²) >= 11 is 3.63. The van der Waals surface area contributed by atoms with Crippen molar-refractivity contribution in [1.82, 2.24) is 0 Å². The predicted molar refractivity (Wildman–Crippen MR) is 81.0 cm³/mol. The Balaban J connectivity index is 1.63. The van der Waals surface area contributed by atoms with Crippen LogP contribution in [-0.4, -0.2) is 6.54 Å². The van der Waals surface area contributed by atoms with E-state index in [0.29, 0.717) is 0 Å². The average Bonchev–Trinajstić information content (AvgIpc) is 2.95. The van der Waals surface area contributed by atoms with Gasteiger partial charge in [0.05, 0.1) is 0 Å². The van der Waals surface area contributed by atoms with Gasteiger partial charge in [-0.1, -0.05) is 22.4 Å². The summed E-state index contributed by atoms with van der Waals surface area (Å²) in [5.41, 5.74) is 3.94. The van der Waals surface area contributed by atoms with Gasteiger partial charge in [-0.15, -0.1) is 0 Å². The van der Waals surface area contributed by atoms with Crippen LogP contribution >= 0.6 is 15.9 Å². The molecule has 2 aliphatic carbocycles. The number of nitrogens with one attached hydrogen (secondary N) is 1. The van der Waals surface area contributed by atoms with Crippen LogP contribution < -0.4 is 5.32 Å². The normalized spacial score (nSPS) is 29.8. The smallest absolute Gasteiger partial charge is 0.0346 e. The summed E-state index contributed by atoms with van der Waals surface area (Å²) in [6.07, 6.45) is 5.95. The Morgan fingerprint density at radius 2 is 1.89 bits per heavy atom.